The molecule has 1 N–H and O–H groups in total. The van der Waals surface area contributed by atoms with Crippen LogP contribution < -0.4 is 0 Å². The van der Waals surface area contributed by atoms with Crippen LogP contribution in [0.15, 0.2) is 42.9 Å². The predicted molar refractivity (Wildman–Crippen MR) is 94.6 cm³/mol. The van der Waals surface area contributed by atoms with E-state index in [1.54, 1.807) is 0 Å². The summed E-state index contributed by atoms with van der Waals surface area (Å²) in [5.74, 6) is 0. The maximum atomic E-state index is 11.0. The normalized spacial score (nSPS) is 26.0. The zero-order valence-electron chi connectivity index (χ0n) is 14.3. The fraction of sp³-hybridized carbons (Fsp3) is 0.550. The number of hydrogen-bond donors (Lipinski definition) is 1. The number of rotatable bonds is 4. The van der Waals surface area contributed by atoms with Gasteiger partial charge in [-0.1, -0.05) is 49.6 Å². The Morgan fingerprint density at radius 1 is 1.12 bits per heavy atom. The highest BCUT2D eigenvalue weighted by atomic mass is 16.3. The lowest BCUT2D eigenvalue weighted by atomic mass is 9.93. The quantitative estimate of drug-likeness (QED) is 0.935. The van der Waals surface area contributed by atoms with Gasteiger partial charge >= 0.3 is 0 Å². The second kappa shape index (κ2) is 6.69. The minimum absolute atomic E-state index is 0.617. The average Bonchev–Trinajstić information content (AvgIpc) is 3.24. The van der Waals surface area contributed by atoms with E-state index >= 15 is 0 Å². The first-order valence-corrected chi connectivity index (χ1v) is 9.26. The summed E-state index contributed by atoms with van der Waals surface area (Å²) in [7, 11) is 0. The number of nitrogens with zero attached hydrogens (tertiary/aromatic N) is 3. The summed E-state index contributed by atoms with van der Waals surface area (Å²) in [5.41, 5.74) is 1.62. The molecule has 4 nitrogen and oxygen atoms in total. The van der Waals surface area contributed by atoms with Crippen molar-refractivity contribution in [2.24, 2.45) is 0 Å². The van der Waals surface area contributed by atoms with Crippen molar-refractivity contribution >= 4 is 0 Å². The molecule has 0 spiro atoms. The Kier molecular flexibility index (Phi) is 4.42. The number of aliphatic hydroxyl groups is 1. The van der Waals surface area contributed by atoms with E-state index in [0.717, 1.165) is 25.1 Å². The Hall–Kier alpha value is -1.65. The summed E-state index contributed by atoms with van der Waals surface area (Å²) in [4.78, 5) is 6.77. The van der Waals surface area contributed by atoms with Crippen LogP contribution >= 0.6 is 0 Å². The van der Waals surface area contributed by atoms with Gasteiger partial charge in [0.05, 0.1) is 12.0 Å². The molecule has 2 heterocycles. The van der Waals surface area contributed by atoms with Crippen LogP contribution in [0, 0.1) is 0 Å². The van der Waals surface area contributed by atoms with Gasteiger partial charge in [0, 0.05) is 31.9 Å². The Morgan fingerprint density at radius 3 is 2.71 bits per heavy atom. The topological polar surface area (TPSA) is 41.3 Å². The Balaban J connectivity index is 1.45. The molecule has 1 aliphatic carbocycles. The third-order valence-corrected chi connectivity index (χ3v) is 5.74. The van der Waals surface area contributed by atoms with Crippen LogP contribution in [0.2, 0.25) is 0 Å². The summed E-state index contributed by atoms with van der Waals surface area (Å²) in [6.07, 6.45) is 11.4. The molecule has 1 saturated heterocycles. The molecule has 0 bridgehead atoms. The fourth-order valence-electron chi connectivity index (χ4n) is 4.36. The van der Waals surface area contributed by atoms with Gasteiger partial charge in [-0.25, -0.2) is 4.98 Å². The van der Waals surface area contributed by atoms with Crippen LogP contribution in [0.5, 0.6) is 0 Å². The van der Waals surface area contributed by atoms with E-state index in [1.807, 2.05) is 42.9 Å². The predicted octanol–water partition coefficient (Wildman–Crippen LogP) is 3.48. The summed E-state index contributed by atoms with van der Waals surface area (Å²) >= 11 is 0. The molecule has 2 aliphatic rings. The lowest BCUT2D eigenvalue weighted by Crippen LogP contribution is -2.31. The van der Waals surface area contributed by atoms with Crippen molar-refractivity contribution in [3.8, 4) is 0 Å². The van der Waals surface area contributed by atoms with E-state index in [2.05, 4.69) is 14.5 Å². The van der Waals surface area contributed by atoms with Crippen molar-refractivity contribution in [3.05, 3.63) is 54.1 Å². The van der Waals surface area contributed by atoms with Gasteiger partial charge in [-0.2, -0.15) is 0 Å². The van der Waals surface area contributed by atoms with E-state index < -0.39 is 5.60 Å². The van der Waals surface area contributed by atoms with Gasteiger partial charge in [-0.05, 0) is 24.8 Å². The molecule has 4 heteroatoms. The van der Waals surface area contributed by atoms with Crippen molar-refractivity contribution in [1.82, 2.24) is 14.5 Å². The molecular weight excluding hydrogens is 298 g/mol. The first kappa shape index (κ1) is 15.9. The monoisotopic (exact) mass is 325 g/mol. The highest BCUT2D eigenvalue weighted by molar-refractivity contribution is 5.24. The lowest BCUT2D eigenvalue weighted by Gasteiger charge is -2.27. The molecule has 1 aliphatic heterocycles. The van der Waals surface area contributed by atoms with Gasteiger partial charge in [0.25, 0.3) is 0 Å². The number of aromatic nitrogens is 2. The van der Waals surface area contributed by atoms with E-state index in [-0.39, 0.29) is 0 Å². The van der Waals surface area contributed by atoms with E-state index in [0.29, 0.717) is 12.6 Å². The molecule has 1 atom stereocenters. The smallest absolute Gasteiger partial charge is 0.103 e. The third kappa shape index (κ3) is 3.13. The fourth-order valence-corrected chi connectivity index (χ4v) is 4.36. The van der Waals surface area contributed by atoms with Crippen molar-refractivity contribution < 1.29 is 5.11 Å². The molecule has 1 unspecified atom stereocenters. The molecule has 128 valence electrons. The zero-order chi connectivity index (χ0) is 16.4. The van der Waals surface area contributed by atoms with Crippen molar-refractivity contribution in [3.63, 3.8) is 0 Å². The van der Waals surface area contributed by atoms with Gasteiger partial charge in [0.2, 0.25) is 0 Å². The molecule has 4 rings (SSSR count). The van der Waals surface area contributed by atoms with Crippen LogP contribution in [0.25, 0.3) is 0 Å². The highest BCUT2D eigenvalue weighted by Crippen LogP contribution is 2.33. The van der Waals surface area contributed by atoms with E-state index in [9.17, 15) is 5.11 Å². The van der Waals surface area contributed by atoms with E-state index in [4.69, 9.17) is 0 Å². The van der Waals surface area contributed by atoms with Gasteiger partial charge in [-0.3, -0.25) is 4.90 Å². The summed E-state index contributed by atoms with van der Waals surface area (Å²) < 4.78 is 2.39. The Bertz CT molecular complexity index is 663. The second-order valence-electron chi connectivity index (χ2n) is 7.44. The molecule has 2 fully saturated rings. The molecule has 1 aromatic carbocycles. The minimum Gasteiger partial charge on any atom is -0.384 e. The summed E-state index contributed by atoms with van der Waals surface area (Å²) in [6.45, 7) is 2.51. The standard InChI is InChI=1S/C20H27N3O/c24-20(17-7-3-1-4-8-17)11-12-22(15-20)14-19-13-21-16-23(19)18-9-5-2-6-10-18/h1,3-4,7-8,13,16,18,24H,2,5-6,9-12,14-15H2. The molecule has 0 amide bonds. The van der Waals surface area contributed by atoms with Crippen LogP contribution in [0.4, 0.5) is 0 Å². The van der Waals surface area contributed by atoms with Crippen molar-refractivity contribution in [1.29, 1.82) is 0 Å². The number of benzene rings is 1. The van der Waals surface area contributed by atoms with Gasteiger partial charge in [0.1, 0.15) is 5.60 Å². The first-order chi connectivity index (χ1) is 11.7. The second-order valence-corrected chi connectivity index (χ2v) is 7.44. The van der Waals surface area contributed by atoms with Gasteiger partial charge < -0.3 is 9.67 Å². The van der Waals surface area contributed by atoms with Crippen LogP contribution in [-0.4, -0.2) is 32.6 Å². The number of β-amino-alcohol motifs (C(OH)–C–C–N with tert-alkyl or cyclic N) is 1. The van der Waals surface area contributed by atoms with Crippen LogP contribution in [0.3, 0.4) is 0 Å². The maximum absolute atomic E-state index is 11.0. The lowest BCUT2D eigenvalue weighted by molar-refractivity contribution is 0.0449. The van der Waals surface area contributed by atoms with Crippen LogP contribution in [0.1, 0.15) is 55.8 Å². The van der Waals surface area contributed by atoms with Crippen molar-refractivity contribution in [2.45, 2.75) is 56.7 Å². The number of likely N-dealkylation sites (tertiary alicyclic amines) is 1. The van der Waals surface area contributed by atoms with Crippen molar-refractivity contribution in [2.75, 3.05) is 13.1 Å². The summed E-state index contributed by atoms with van der Waals surface area (Å²) in [5, 5.41) is 11.0. The number of hydrogen-bond acceptors (Lipinski definition) is 3. The molecule has 1 saturated carbocycles. The van der Waals surface area contributed by atoms with Crippen LogP contribution in [-0.2, 0) is 12.1 Å². The highest BCUT2D eigenvalue weighted by Gasteiger charge is 2.37. The first-order valence-electron chi connectivity index (χ1n) is 9.26. The molecule has 1 aromatic heterocycles. The average molecular weight is 325 g/mol. The van der Waals surface area contributed by atoms with Gasteiger partial charge in [0.15, 0.2) is 0 Å². The molecule has 24 heavy (non-hydrogen) atoms. The molecule has 2 aromatic rings. The largest absolute Gasteiger partial charge is 0.384 e. The third-order valence-electron chi connectivity index (χ3n) is 5.74. The molecular formula is C20H27N3O. The number of imidazole rings is 1. The zero-order valence-corrected chi connectivity index (χ0v) is 14.3. The minimum atomic E-state index is -0.711. The SMILES string of the molecule is OC1(c2ccccc2)CCN(Cc2cncn2C2CCCCC2)C1. The Morgan fingerprint density at radius 2 is 1.92 bits per heavy atom. The van der Waals surface area contributed by atoms with Gasteiger partial charge in [-0.15, -0.1) is 0 Å². The Labute approximate surface area is 144 Å². The van der Waals surface area contributed by atoms with E-state index in [1.165, 1.54) is 37.8 Å². The maximum Gasteiger partial charge on any atom is 0.103 e. The summed E-state index contributed by atoms with van der Waals surface area (Å²) in [6, 6.07) is 10.7. The molecule has 0 radical (unpaired) electrons.